The molecule has 0 spiro atoms. The second kappa shape index (κ2) is 9.33. The largest absolute Gasteiger partial charge is 0.231 e. The van der Waals surface area contributed by atoms with Crippen molar-refractivity contribution in [2.75, 3.05) is 5.01 Å². The van der Waals surface area contributed by atoms with Crippen molar-refractivity contribution in [2.45, 2.75) is 26.3 Å². The minimum Gasteiger partial charge on any atom is -0.231 e. The van der Waals surface area contributed by atoms with Gasteiger partial charge in [-0.3, -0.25) is 0 Å². The Morgan fingerprint density at radius 3 is 2.53 bits per heavy atom. The van der Waals surface area contributed by atoms with Crippen molar-refractivity contribution in [1.82, 2.24) is 20.0 Å². The average molecular weight is 511 g/mol. The standard InChI is InChI=1S/C28H23ClN6S/c1-18-11-13-23(14-12-18)34-19(2)27(31-33-34)24-16-26(21-9-6-10-22(29)15-21)35(32-24)28-30-25(17-36-28)20-7-4-3-5-8-20/h3-15,17,26H,16H2,1-2H3. The maximum absolute atomic E-state index is 6.37. The summed E-state index contributed by atoms with van der Waals surface area (Å²) in [5.74, 6) is 0. The normalized spacial score (nSPS) is 15.4. The van der Waals surface area contributed by atoms with E-state index >= 15 is 0 Å². The molecule has 1 atom stereocenters. The number of thiazole rings is 1. The van der Waals surface area contributed by atoms with Crippen molar-refractivity contribution in [3.05, 3.63) is 112 Å². The maximum atomic E-state index is 6.37. The molecular weight excluding hydrogens is 488 g/mol. The van der Waals surface area contributed by atoms with Crippen LogP contribution in [0.2, 0.25) is 5.02 Å². The average Bonchev–Trinajstić information content (AvgIpc) is 3.63. The number of hydrogen-bond donors (Lipinski definition) is 0. The molecule has 8 heteroatoms. The van der Waals surface area contributed by atoms with E-state index in [9.17, 15) is 0 Å². The lowest BCUT2D eigenvalue weighted by Gasteiger charge is -2.21. The lowest BCUT2D eigenvalue weighted by atomic mass is 10.0. The fourth-order valence-electron chi connectivity index (χ4n) is 4.44. The fraction of sp³-hybridized carbons (Fsp3) is 0.143. The highest BCUT2D eigenvalue weighted by Crippen LogP contribution is 2.40. The quantitative estimate of drug-likeness (QED) is 0.255. The van der Waals surface area contributed by atoms with Crippen LogP contribution in [0.15, 0.2) is 89.3 Å². The topological polar surface area (TPSA) is 59.2 Å². The summed E-state index contributed by atoms with van der Waals surface area (Å²) in [5, 5.41) is 19.6. The van der Waals surface area contributed by atoms with E-state index < -0.39 is 0 Å². The molecule has 1 unspecified atom stereocenters. The van der Waals surface area contributed by atoms with E-state index in [0.717, 1.165) is 44.7 Å². The van der Waals surface area contributed by atoms with Crippen LogP contribution in [0.3, 0.4) is 0 Å². The predicted octanol–water partition coefficient (Wildman–Crippen LogP) is 7.02. The van der Waals surface area contributed by atoms with Gasteiger partial charge in [-0.05, 0) is 43.7 Å². The van der Waals surface area contributed by atoms with Crippen LogP contribution in [-0.4, -0.2) is 25.7 Å². The SMILES string of the molecule is Cc1ccc(-n2nnc(C3=NN(c4nc(-c5ccccc5)cs4)C(c4cccc(Cl)c4)C3)c2C)cc1. The zero-order valence-electron chi connectivity index (χ0n) is 19.8. The summed E-state index contributed by atoms with van der Waals surface area (Å²) in [4.78, 5) is 4.94. The summed E-state index contributed by atoms with van der Waals surface area (Å²) in [6.45, 7) is 4.11. The van der Waals surface area contributed by atoms with Crippen LogP contribution in [0.5, 0.6) is 0 Å². The summed E-state index contributed by atoms with van der Waals surface area (Å²) < 4.78 is 1.87. The van der Waals surface area contributed by atoms with Crippen molar-refractivity contribution >= 4 is 33.8 Å². The Morgan fingerprint density at radius 1 is 0.944 bits per heavy atom. The highest BCUT2D eigenvalue weighted by Gasteiger charge is 2.34. The molecule has 3 aromatic carbocycles. The van der Waals surface area contributed by atoms with E-state index in [1.54, 1.807) is 11.3 Å². The summed E-state index contributed by atoms with van der Waals surface area (Å²) >= 11 is 7.95. The molecule has 0 saturated carbocycles. The Hall–Kier alpha value is -3.81. The maximum Gasteiger partial charge on any atom is 0.207 e. The summed E-state index contributed by atoms with van der Waals surface area (Å²) in [7, 11) is 0. The third-order valence-electron chi connectivity index (χ3n) is 6.35. The lowest BCUT2D eigenvalue weighted by Crippen LogP contribution is -2.18. The van der Waals surface area contributed by atoms with Crippen LogP contribution in [0, 0.1) is 13.8 Å². The van der Waals surface area contributed by atoms with Crippen molar-refractivity contribution in [3.8, 4) is 16.9 Å². The first kappa shape index (κ1) is 22.6. The van der Waals surface area contributed by atoms with Gasteiger partial charge in [-0.2, -0.15) is 5.10 Å². The van der Waals surface area contributed by atoms with Crippen LogP contribution < -0.4 is 5.01 Å². The number of aromatic nitrogens is 4. The van der Waals surface area contributed by atoms with E-state index in [1.807, 2.05) is 53.0 Å². The van der Waals surface area contributed by atoms with Crippen LogP contribution in [0.4, 0.5) is 5.13 Å². The Bertz CT molecular complexity index is 1550. The monoisotopic (exact) mass is 510 g/mol. The molecule has 0 fully saturated rings. The molecule has 0 N–H and O–H groups in total. The molecule has 5 aromatic rings. The molecule has 0 aliphatic carbocycles. The highest BCUT2D eigenvalue weighted by molar-refractivity contribution is 7.14. The molecular formula is C28H23ClN6S. The predicted molar refractivity (Wildman–Crippen MR) is 146 cm³/mol. The molecule has 1 aliphatic heterocycles. The van der Waals surface area contributed by atoms with E-state index in [0.29, 0.717) is 11.4 Å². The molecule has 0 saturated heterocycles. The summed E-state index contributed by atoms with van der Waals surface area (Å²) in [5.41, 5.74) is 7.92. The van der Waals surface area contributed by atoms with Crippen molar-refractivity contribution in [3.63, 3.8) is 0 Å². The first-order valence-corrected chi connectivity index (χ1v) is 13.0. The second-order valence-electron chi connectivity index (χ2n) is 8.82. The number of hydrazone groups is 1. The van der Waals surface area contributed by atoms with Gasteiger partial charge in [0.1, 0.15) is 5.69 Å². The Labute approximate surface area is 218 Å². The molecule has 6 nitrogen and oxygen atoms in total. The van der Waals surface area contributed by atoms with Crippen LogP contribution >= 0.6 is 22.9 Å². The molecule has 6 rings (SSSR count). The third-order valence-corrected chi connectivity index (χ3v) is 7.41. The van der Waals surface area contributed by atoms with Crippen molar-refractivity contribution < 1.29 is 0 Å². The van der Waals surface area contributed by atoms with Gasteiger partial charge >= 0.3 is 0 Å². The number of hydrogen-bond acceptors (Lipinski definition) is 6. The van der Waals surface area contributed by atoms with E-state index in [-0.39, 0.29) is 6.04 Å². The molecule has 3 heterocycles. The third kappa shape index (κ3) is 4.21. The minimum atomic E-state index is -0.0441. The van der Waals surface area contributed by atoms with Crippen LogP contribution in [0.1, 0.15) is 35.0 Å². The van der Waals surface area contributed by atoms with Crippen molar-refractivity contribution in [1.29, 1.82) is 0 Å². The number of rotatable bonds is 5. The molecule has 36 heavy (non-hydrogen) atoms. The number of halogens is 1. The Morgan fingerprint density at radius 2 is 1.75 bits per heavy atom. The van der Waals surface area contributed by atoms with Crippen LogP contribution in [-0.2, 0) is 0 Å². The Balaban J connectivity index is 1.39. The van der Waals surface area contributed by atoms with Gasteiger partial charge in [-0.1, -0.05) is 77.0 Å². The summed E-state index contributed by atoms with van der Waals surface area (Å²) in [6.07, 6.45) is 0.675. The number of anilines is 1. The van der Waals surface area contributed by atoms with E-state index in [4.69, 9.17) is 21.7 Å². The fourth-order valence-corrected chi connectivity index (χ4v) is 5.47. The van der Waals surface area contributed by atoms with E-state index in [1.165, 1.54) is 5.56 Å². The van der Waals surface area contributed by atoms with Crippen LogP contribution in [0.25, 0.3) is 16.9 Å². The highest BCUT2D eigenvalue weighted by atomic mass is 35.5. The zero-order chi connectivity index (χ0) is 24.6. The van der Waals surface area contributed by atoms with Gasteiger partial charge in [-0.25, -0.2) is 14.7 Å². The molecule has 178 valence electrons. The molecule has 0 amide bonds. The van der Waals surface area contributed by atoms with Gasteiger partial charge in [0.05, 0.1) is 28.8 Å². The second-order valence-corrected chi connectivity index (χ2v) is 10.1. The smallest absolute Gasteiger partial charge is 0.207 e. The molecule has 0 radical (unpaired) electrons. The molecule has 2 aromatic heterocycles. The summed E-state index contributed by atoms with van der Waals surface area (Å²) in [6, 6.07) is 26.4. The van der Waals surface area contributed by atoms with Crippen molar-refractivity contribution in [2.24, 2.45) is 5.10 Å². The van der Waals surface area contributed by atoms with Gasteiger partial charge < -0.3 is 0 Å². The zero-order valence-corrected chi connectivity index (χ0v) is 21.4. The van der Waals surface area contributed by atoms with Gasteiger partial charge in [0, 0.05) is 22.4 Å². The van der Waals surface area contributed by atoms with E-state index in [2.05, 4.69) is 65.1 Å². The van der Waals surface area contributed by atoms with Gasteiger partial charge in [0.25, 0.3) is 0 Å². The first-order valence-electron chi connectivity index (χ1n) is 11.7. The van der Waals surface area contributed by atoms with Gasteiger partial charge in [0.2, 0.25) is 5.13 Å². The number of aryl methyl sites for hydroxylation is 1. The number of benzene rings is 3. The lowest BCUT2D eigenvalue weighted by molar-refractivity contribution is 0.706. The minimum absolute atomic E-state index is 0.0441. The number of nitrogens with zero attached hydrogens (tertiary/aromatic N) is 6. The molecule has 1 aliphatic rings. The first-order chi connectivity index (χ1) is 17.6. The Kier molecular flexibility index (Phi) is 5.87. The van der Waals surface area contributed by atoms with Gasteiger partial charge in [0.15, 0.2) is 0 Å². The van der Waals surface area contributed by atoms with Gasteiger partial charge in [-0.15, -0.1) is 16.4 Å². The molecule has 0 bridgehead atoms.